The summed E-state index contributed by atoms with van der Waals surface area (Å²) in [7, 11) is -1.56. The second-order valence-corrected chi connectivity index (χ2v) is 8.29. The smallest absolute Gasteiger partial charge is 0.211 e. The molecule has 3 rings (SSSR count). The third kappa shape index (κ3) is 4.39. The average molecular weight is 364 g/mol. The van der Waals surface area contributed by atoms with Crippen LogP contribution in [0.5, 0.6) is 5.75 Å². The van der Waals surface area contributed by atoms with E-state index >= 15 is 0 Å². The number of nitrogens with zero attached hydrogens (tertiary/aromatic N) is 3. The van der Waals surface area contributed by atoms with E-state index in [2.05, 4.69) is 26.9 Å². The van der Waals surface area contributed by atoms with Crippen molar-refractivity contribution in [3.63, 3.8) is 0 Å². The molecule has 8 heteroatoms. The first-order chi connectivity index (χ1) is 12.0. The van der Waals surface area contributed by atoms with Crippen LogP contribution >= 0.6 is 0 Å². The third-order valence-electron chi connectivity index (χ3n) is 4.44. The number of aromatic nitrogens is 2. The number of ether oxygens (including phenoxy) is 1. The largest absolute Gasteiger partial charge is 0.497 e. The molecule has 1 aromatic carbocycles. The Hall–Kier alpha value is -1.90. The van der Waals surface area contributed by atoms with Crippen molar-refractivity contribution in [3.8, 4) is 5.75 Å². The molecule has 0 spiro atoms. The zero-order valence-electron chi connectivity index (χ0n) is 14.6. The fourth-order valence-electron chi connectivity index (χ4n) is 3.05. The van der Waals surface area contributed by atoms with Crippen LogP contribution in [-0.4, -0.2) is 49.1 Å². The number of benzene rings is 1. The number of sulfonamides is 1. The van der Waals surface area contributed by atoms with E-state index in [4.69, 9.17) is 4.74 Å². The molecular formula is C17H24N4O3S. The maximum absolute atomic E-state index is 11.8. The normalized spacial score (nSPS) is 18.1. The van der Waals surface area contributed by atoms with Gasteiger partial charge in [0.1, 0.15) is 5.75 Å². The van der Waals surface area contributed by atoms with Crippen molar-refractivity contribution >= 4 is 10.0 Å². The first kappa shape index (κ1) is 17.9. The Bertz CT molecular complexity index is 802. The van der Waals surface area contributed by atoms with E-state index < -0.39 is 10.0 Å². The topological polar surface area (TPSA) is 76.5 Å². The maximum atomic E-state index is 11.8. The van der Waals surface area contributed by atoms with Crippen molar-refractivity contribution in [2.45, 2.75) is 26.1 Å². The summed E-state index contributed by atoms with van der Waals surface area (Å²) in [6.07, 6.45) is 1.77. The molecule has 0 amide bonds. The predicted molar refractivity (Wildman–Crippen MR) is 95.8 cm³/mol. The zero-order chi connectivity index (χ0) is 17.9. The van der Waals surface area contributed by atoms with Crippen LogP contribution in [0.15, 0.2) is 36.5 Å². The van der Waals surface area contributed by atoms with Crippen LogP contribution in [-0.2, 0) is 23.1 Å². The lowest BCUT2D eigenvalue weighted by molar-refractivity contribution is 0.168. The van der Waals surface area contributed by atoms with Gasteiger partial charge in [-0.15, -0.1) is 0 Å². The van der Waals surface area contributed by atoms with Gasteiger partial charge in [-0.2, -0.15) is 5.10 Å². The molecule has 1 atom stereocenters. The molecule has 1 aromatic heterocycles. The molecule has 0 aliphatic carbocycles. The van der Waals surface area contributed by atoms with E-state index in [0.29, 0.717) is 6.54 Å². The lowest BCUT2D eigenvalue weighted by atomic mass is 10.1. The number of hydrogen-bond donors (Lipinski definition) is 1. The van der Waals surface area contributed by atoms with Crippen molar-refractivity contribution in [3.05, 3.63) is 47.8 Å². The molecule has 1 aliphatic heterocycles. The van der Waals surface area contributed by atoms with E-state index in [1.165, 1.54) is 5.56 Å². The van der Waals surface area contributed by atoms with Gasteiger partial charge in [-0.3, -0.25) is 9.58 Å². The van der Waals surface area contributed by atoms with E-state index in [1.54, 1.807) is 20.2 Å². The molecule has 0 saturated heterocycles. The van der Waals surface area contributed by atoms with E-state index in [0.717, 1.165) is 31.1 Å². The minimum atomic E-state index is -3.21. The Labute approximate surface area is 148 Å². The first-order valence-corrected chi connectivity index (χ1v) is 10.0. The lowest BCUT2D eigenvalue weighted by Crippen LogP contribution is -2.42. The van der Waals surface area contributed by atoms with Gasteiger partial charge in [-0.25, -0.2) is 13.1 Å². The van der Waals surface area contributed by atoms with Crippen molar-refractivity contribution in [2.75, 3.05) is 26.0 Å². The predicted octanol–water partition coefficient (Wildman–Crippen LogP) is 1.39. The summed E-state index contributed by atoms with van der Waals surface area (Å²) in [5, 5.41) is 4.37. The lowest BCUT2D eigenvalue weighted by Gasteiger charge is -2.34. The molecule has 0 saturated carbocycles. The van der Waals surface area contributed by atoms with Gasteiger partial charge in [0.05, 0.1) is 24.6 Å². The highest BCUT2D eigenvalue weighted by molar-refractivity contribution is 7.89. The van der Waals surface area contributed by atoms with Gasteiger partial charge in [0.25, 0.3) is 0 Å². The van der Waals surface area contributed by atoms with Gasteiger partial charge < -0.3 is 4.74 Å². The van der Waals surface area contributed by atoms with Crippen LogP contribution in [0.25, 0.3) is 0 Å². The number of hydrogen-bond acceptors (Lipinski definition) is 5. The van der Waals surface area contributed by atoms with Gasteiger partial charge in [0.15, 0.2) is 0 Å². The average Bonchev–Trinajstić information content (AvgIpc) is 3.09. The molecule has 2 heterocycles. The van der Waals surface area contributed by atoms with Crippen molar-refractivity contribution < 1.29 is 13.2 Å². The molecule has 0 radical (unpaired) electrons. The molecule has 1 aliphatic rings. The molecular weight excluding hydrogens is 340 g/mol. The SMILES string of the molecule is CCS(=O)(=O)NC[C@H]1CN(Cc2ccc(OC)cc2)Cc2ccnn21. The van der Waals surface area contributed by atoms with Crippen LogP contribution in [0.3, 0.4) is 0 Å². The second-order valence-electron chi connectivity index (χ2n) is 6.19. The van der Waals surface area contributed by atoms with Gasteiger partial charge in [0, 0.05) is 32.4 Å². The number of nitrogens with one attached hydrogen (secondary N) is 1. The molecule has 25 heavy (non-hydrogen) atoms. The van der Waals surface area contributed by atoms with Crippen molar-refractivity contribution in [2.24, 2.45) is 0 Å². The van der Waals surface area contributed by atoms with Crippen LogP contribution in [0.2, 0.25) is 0 Å². The second kappa shape index (κ2) is 7.55. The Balaban J connectivity index is 1.70. The molecule has 1 N–H and O–H groups in total. The fraction of sp³-hybridized carbons (Fsp3) is 0.471. The van der Waals surface area contributed by atoms with Crippen LogP contribution < -0.4 is 9.46 Å². The fourth-order valence-corrected chi connectivity index (χ4v) is 3.70. The summed E-state index contributed by atoms with van der Waals surface area (Å²) >= 11 is 0. The third-order valence-corrected chi connectivity index (χ3v) is 5.80. The molecule has 136 valence electrons. The molecule has 2 aromatic rings. The van der Waals surface area contributed by atoms with Gasteiger partial charge >= 0.3 is 0 Å². The van der Waals surface area contributed by atoms with Crippen LogP contribution in [0.4, 0.5) is 0 Å². The highest BCUT2D eigenvalue weighted by Gasteiger charge is 2.26. The van der Waals surface area contributed by atoms with Crippen LogP contribution in [0.1, 0.15) is 24.2 Å². The number of methoxy groups -OCH3 is 1. The Morgan fingerprint density at radius 2 is 2.04 bits per heavy atom. The van der Waals surface area contributed by atoms with Crippen molar-refractivity contribution in [1.82, 2.24) is 19.4 Å². The monoisotopic (exact) mass is 364 g/mol. The minimum Gasteiger partial charge on any atom is -0.497 e. The van der Waals surface area contributed by atoms with Gasteiger partial charge in [-0.05, 0) is 30.7 Å². The van der Waals surface area contributed by atoms with E-state index in [9.17, 15) is 8.42 Å². The molecule has 0 bridgehead atoms. The summed E-state index contributed by atoms with van der Waals surface area (Å²) in [5.74, 6) is 0.925. The molecule has 0 unspecified atom stereocenters. The number of fused-ring (bicyclic) bond motifs is 1. The van der Waals surface area contributed by atoms with Gasteiger partial charge in [0.2, 0.25) is 10.0 Å². The van der Waals surface area contributed by atoms with Gasteiger partial charge in [-0.1, -0.05) is 12.1 Å². The summed E-state index contributed by atoms with van der Waals surface area (Å²) in [6.45, 7) is 4.32. The Kier molecular flexibility index (Phi) is 5.41. The van der Waals surface area contributed by atoms with E-state index in [1.807, 2.05) is 22.9 Å². The summed E-state index contributed by atoms with van der Waals surface area (Å²) in [5.41, 5.74) is 2.29. The standard InChI is InChI=1S/C17H24N4O3S/c1-3-25(22,23)19-10-16-13-20(12-15-8-9-18-21(15)16)11-14-4-6-17(24-2)7-5-14/h4-9,16,19H,3,10-13H2,1-2H3/t16-/m0/s1. The number of rotatable bonds is 7. The highest BCUT2D eigenvalue weighted by atomic mass is 32.2. The Morgan fingerprint density at radius 1 is 1.28 bits per heavy atom. The van der Waals surface area contributed by atoms with E-state index in [-0.39, 0.29) is 11.8 Å². The minimum absolute atomic E-state index is 0.0154. The zero-order valence-corrected chi connectivity index (χ0v) is 15.4. The summed E-state index contributed by atoms with van der Waals surface area (Å²) in [6, 6.07) is 9.99. The van der Waals surface area contributed by atoms with Crippen molar-refractivity contribution in [1.29, 1.82) is 0 Å². The Morgan fingerprint density at radius 3 is 2.72 bits per heavy atom. The van der Waals surface area contributed by atoms with Crippen LogP contribution in [0, 0.1) is 0 Å². The summed E-state index contributed by atoms with van der Waals surface area (Å²) in [4.78, 5) is 2.31. The quantitative estimate of drug-likeness (QED) is 0.803. The molecule has 7 nitrogen and oxygen atoms in total. The maximum Gasteiger partial charge on any atom is 0.211 e. The summed E-state index contributed by atoms with van der Waals surface area (Å²) < 4.78 is 33.3. The molecule has 0 fully saturated rings. The highest BCUT2D eigenvalue weighted by Crippen LogP contribution is 2.22. The first-order valence-electron chi connectivity index (χ1n) is 8.35.